The number of aromatic nitrogens is 2. The lowest BCUT2D eigenvalue weighted by Crippen LogP contribution is -2.44. The van der Waals surface area contributed by atoms with Crippen LogP contribution in [0.15, 0.2) is 42.6 Å². The van der Waals surface area contributed by atoms with Gasteiger partial charge in [0.15, 0.2) is 5.82 Å². The maximum Gasteiger partial charge on any atom is 0.229 e. The Hall–Kier alpha value is -2.15. The van der Waals surface area contributed by atoms with Crippen LogP contribution in [0.25, 0.3) is 0 Å². The topological polar surface area (TPSA) is 79.4 Å². The first-order chi connectivity index (χ1) is 18.2. The number of ether oxygens (including phenoxy) is 1. The number of benzene rings is 2. The third-order valence-corrected chi connectivity index (χ3v) is 9.95. The van der Waals surface area contributed by atoms with Gasteiger partial charge in [0.1, 0.15) is 12.2 Å². The average Bonchev–Trinajstić information content (AvgIpc) is 3.45. The summed E-state index contributed by atoms with van der Waals surface area (Å²) in [6.45, 7) is 5.41. The molecule has 0 amide bonds. The van der Waals surface area contributed by atoms with Crippen LogP contribution in [-0.4, -0.2) is 59.5 Å². The highest BCUT2D eigenvalue weighted by molar-refractivity contribution is 7.70. The monoisotopic (exact) mass is 571 g/mol. The van der Waals surface area contributed by atoms with E-state index in [1.165, 1.54) is 30.4 Å². The minimum atomic E-state index is -2.59. The maximum atomic E-state index is 12.9. The van der Waals surface area contributed by atoms with Crippen LogP contribution in [-0.2, 0) is 22.1 Å². The number of fused-ring (bicyclic) bond motifs is 3. The summed E-state index contributed by atoms with van der Waals surface area (Å²) < 4.78 is 18.7. The fourth-order valence-corrected chi connectivity index (χ4v) is 7.55. The molecule has 3 heterocycles. The number of halogens is 2. The molecular weight excluding hydrogens is 540 g/mol. The molecule has 2 aliphatic heterocycles. The minimum Gasteiger partial charge on any atom is -0.375 e. The van der Waals surface area contributed by atoms with Crippen LogP contribution in [0.1, 0.15) is 30.4 Å². The van der Waals surface area contributed by atoms with E-state index < -0.39 is 7.14 Å². The van der Waals surface area contributed by atoms with Crippen molar-refractivity contribution >= 4 is 58.8 Å². The number of morpholine rings is 1. The Morgan fingerprint density at radius 2 is 1.84 bits per heavy atom. The van der Waals surface area contributed by atoms with Gasteiger partial charge in [0.05, 0.1) is 24.6 Å². The zero-order chi connectivity index (χ0) is 26.4. The molecular formula is C28H32Cl2N5O2P. The first kappa shape index (κ1) is 26.1. The van der Waals surface area contributed by atoms with Crippen molar-refractivity contribution in [3.8, 4) is 0 Å². The van der Waals surface area contributed by atoms with Crippen molar-refractivity contribution in [1.29, 1.82) is 0 Å². The summed E-state index contributed by atoms with van der Waals surface area (Å²) in [5, 5.41) is 8.12. The van der Waals surface area contributed by atoms with E-state index in [0.29, 0.717) is 51.0 Å². The molecule has 2 N–H and O–H groups in total. The molecule has 3 aromatic rings. The van der Waals surface area contributed by atoms with Gasteiger partial charge >= 0.3 is 0 Å². The van der Waals surface area contributed by atoms with Gasteiger partial charge in [0.25, 0.3) is 0 Å². The molecule has 3 aliphatic rings. The normalized spacial score (nSPS) is 23.2. The van der Waals surface area contributed by atoms with E-state index in [1.807, 2.05) is 0 Å². The van der Waals surface area contributed by atoms with Gasteiger partial charge in [0.2, 0.25) is 5.95 Å². The van der Waals surface area contributed by atoms with E-state index in [9.17, 15) is 4.57 Å². The molecule has 200 valence electrons. The van der Waals surface area contributed by atoms with E-state index in [4.69, 9.17) is 27.9 Å². The molecule has 7 nitrogen and oxygen atoms in total. The van der Waals surface area contributed by atoms with E-state index in [1.54, 1.807) is 37.7 Å². The van der Waals surface area contributed by atoms with E-state index in [0.717, 1.165) is 31.7 Å². The second-order valence-corrected chi connectivity index (χ2v) is 14.9. The fourth-order valence-electron chi connectivity index (χ4n) is 6.00. The van der Waals surface area contributed by atoms with Gasteiger partial charge in [-0.3, -0.25) is 4.90 Å². The summed E-state index contributed by atoms with van der Waals surface area (Å²) in [6, 6.07) is 13.1. The number of hydrogen-bond acceptors (Lipinski definition) is 7. The second-order valence-electron chi connectivity index (χ2n) is 10.9. The molecule has 0 saturated carbocycles. The molecule has 2 fully saturated rings. The average molecular weight is 572 g/mol. The summed E-state index contributed by atoms with van der Waals surface area (Å²) in [5.41, 5.74) is 4.42. The number of nitrogens with one attached hydrogen (secondary N) is 2. The van der Waals surface area contributed by atoms with Crippen LogP contribution >= 0.6 is 30.3 Å². The summed E-state index contributed by atoms with van der Waals surface area (Å²) in [5.74, 6) is 0.866. The lowest BCUT2D eigenvalue weighted by atomic mass is 10.0. The third-order valence-electron chi connectivity index (χ3n) is 7.91. The maximum absolute atomic E-state index is 12.9. The van der Waals surface area contributed by atoms with Crippen LogP contribution in [0.4, 0.5) is 23.1 Å². The number of likely N-dealkylation sites (tertiary alicyclic amines) is 1. The molecule has 1 aromatic heterocycles. The SMILES string of the molecule is CP(C)(=O)c1cc(Cl)ccc1Nc1nc(Nc2ccc3c(c2)CC[C@@H](N2C[C@@H]4C[C@H]2CO4)CC3)ncc1Cl. The van der Waals surface area contributed by atoms with Gasteiger partial charge in [0, 0.05) is 34.6 Å². The Labute approximate surface area is 233 Å². The minimum absolute atomic E-state index is 0.368. The van der Waals surface area contributed by atoms with E-state index >= 15 is 0 Å². The summed E-state index contributed by atoms with van der Waals surface area (Å²) >= 11 is 12.6. The molecule has 2 aromatic carbocycles. The molecule has 0 radical (unpaired) electrons. The summed E-state index contributed by atoms with van der Waals surface area (Å²) in [7, 11) is -2.59. The van der Waals surface area contributed by atoms with E-state index in [-0.39, 0.29) is 0 Å². The van der Waals surface area contributed by atoms with Crippen molar-refractivity contribution in [3.63, 3.8) is 0 Å². The summed E-state index contributed by atoms with van der Waals surface area (Å²) in [4.78, 5) is 11.7. The fraction of sp³-hybridized carbons (Fsp3) is 0.429. The highest BCUT2D eigenvalue weighted by atomic mass is 35.5. The first-order valence-corrected chi connectivity index (χ1v) is 16.5. The molecule has 2 bridgehead atoms. The van der Waals surface area contributed by atoms with Crippen molar-refractivity contribution in [2.75, 3.05) is 37.1 Å². The summed E-state index contributed by atoms with van der Waals surface area (Å²) in [6.07, 6.45) is 7.74. The third kappa shape index (κ3) is 5.45. The van der Waals surface area contributed by atoms with Crippen molar-refractivity contribution < 1.29 is 9.30 Å². The largest absolute Gasteiger partial charge is 0.375 e. The van der Waals surface area contributed by atoms with Crippen molar-refractivity contribution in [2.45, 2.75) is 50.3 Å². The molecule has 2 saturated heterocycles. The van der Waals surface area contributed by atoms with Crippen LogP contribution in [0.5, 0.6) is 0 Å². The van der Waals surface area contributed by atoms with Gasteiger partial charge in [-0.2, -0.15) is 4.98 Å². The highest BCUT2D eigenvalue weighted by Crippen LogP contribution is 2.40. The number of nitrogens with zero attached hydrogens (tertiary/aromatic N) is 3. The van der Waals surface area contributed by atoms with Gasteiger partial charge < -0.3 is 19.9 Å². The van der Waals surface area contributed by atoms with E-state index in [2.05, 4.69) is 43.7 Å². The highest BCUT2D eigenvalue weighted by Gasteiger charge is 2.42. The Bertz CT molecular complexity index is 1410. The molecule has 0 spiro atoms. The zero-order valence-corrected chi connectivity index (χ0v) is 24.0. The van der Waals surface area contributed by atoms with Crippen LogP contribution in [0, 0.1) is 0 Å². The van der Waals surface area contributed by atoms with Gasteiger partial charge in [-0.15, -0.1) is 0 Å². The Morgan fingerprint density at radius 1 is 1.03 bits per heavy atom. The first-order valence-electron chi connectivity index (χ1n) is 13.1. The molecule has 6 rings (SSSR count). The molecule has 10 heteroatoms. The van der Waals surface area contributed by atoms with Gasteiger partial charge in [-0.25, -0.2) is 4.98 Å². The lowest BCUT2D eigenvalue weighted by Gasteiger charge is -2.34. The van der Waals surface area contributed by atoms with Crippen molar-refractivity contribution in [2.24, 2.45) is 0 Å². The zero-order valence-electron chi connectivity index (χ0n) is 21.6. The number of anilines is 4. The lowest BCUT2D eigenvalue weighted by molar-refractivity contribution is 0.00854. The van der Waals surface area contributed by atoms with Crippen LogP contribution in [0.2, 0.25) is 10.0 Å². The predicted octanol–water partition coefficient (Wildman–Crippen LogP) is 6.24. The van der Waals surface area contributed by atoms with Gasteiger partial charge in [-0.05, 0) is 86.9 Å². The van der Waals surface area contributed by atoms with Gasteiger partial charge in [-0.1, -0.05) is 29.3 Å². The number of hydrogen-bond donors (Lipinski definition) is 2. The second kappa shape index (κ2) is 10.4. The van der Waals surface area contributed by atoms with Crippen molar-refractivity contribution in [1.82, 2.24) is 14.9 Å². The molecule has 38 heavy (non-hydrogen) atoms. The Morgan fingerprint density at radius 3 is 2.58 bits per heavy atom. The van der Waals surface area contributed by atoms with Crippen LogP contribution in [0.3, 0.4) is 0 Å². The standard InChI is InChI=1S/C28H32Cl2N5O2P/c1-38(2,36)26-12-19(29)6-10-25(26)33-27-24(30)14-31-28(34-27)32-20-7-3-17-4-8-21(9-5-18(17)11-20)35-15-23-13-22(35)16-37-23/h3,6-7,10-12,14,21-23H,4-5,8-9,13,15-16H2,1-2H3,(H2,31,32,33,34)/t21-,22-,23-/m0/s1. The van der Waals surface area contributed by atoms with Crippen LogP contribution < -0.4 is 15.9 Å². The molecule has 1 aliphatic carbocycles. The molecule has 0 unspecified atom stereocenters. The quantitative estimate of drug-likeness (QED) is 0.268. The number of aryl methyl sites for hydroxylation is 2. The smallest absolute Gasteiger partial charge is 0.229 e. The predicted molar refractivity (Wildman–Crippen MR) is 156 cm³/mol. The Kier molecular flexibility index (Phi) is 7.17. The molecule has 3 atom stereocenters. The number of rotatable bonds is 6. The Balaban J connectivity index is 1.18. The van der Waals surface area contributed by atoms with Crippen molar-refractivity contribution in [3.05, 3.63) is 63.8 Å².